The van der Waals surface area contributed by atoms with Gasteiger partial charge in [0.15, 0.2) is 0 Å². The van der Waals surface area contributed by atoms with Gasteiger partial charge in [0.2, 0.25) is 0 Å². The summed E-state index contributed by atoms with van der Waals surface area (Å²) in [4.78, 5) is 2.64. The van der Waals surface area contributed by atoms with Crippen molar-refractivity contribution in [2.45, 2.75) is 32.4 Å². The van der Waals surface area contributed by atoms with Gasteiger partial charge in [-0.15, -0.1) is 0 Å². The van der Waals surface area contributed by atoms with Gasteiger partial charge >= 0.3 is 0 Å². The molecule has 1 fully saturated rings. The number of aryl methyl sites for hydroxylation is 1. The zero-order valence-corrected chi connectivity index (χ0v) is 15.1. The summed E-state index contributed by atoms with van der Waals surface area (Å²) < 4.78 is 2.11. The Bertz CT molecular complexity index is 675. The molecule has 0 saturated carbocycles. The van der Waals surface area contributed by atoms with Crippen LogP contribution in [0.4, 0.5) is 5.82 Å². The van der Waals surface area contributed by atoms with Gasteiger partial charge in [-0.1, -0.05) is 30.3 Å². The fourth-order valence-corrected chi connectivity index (χ4v) is 4.13. The molecule has 0 radical (unpaired) electrons. The summed E-state index contributed by atoms with van der Waals surface area (Å²) in [6.45, 7) is 8.58. The molecule has 2 aromatic rings. The second-order valence-corrected chi connectivity index (χ2v) is 7.43. The lowest BCUT2D eigenvalue weighted by molar-refractivity contribution is 0.234. The highest BCUT2D eigenvalue weighted by atomic mass is 15.3. The summed E-state index contributed by atoms with van der Waals surface area (Å²) in [5.41, 5.74) is 2.53. The lowest BCUT2D eigenvalue weighted by Crippen LogP contribution is -2.39. The topological polar surface area (TPSA) is 45.1 Å². The maximum atomic E-state index is 4.57. The van der Waals surface area contributed by atoms with Crippen LogP contribution in [-0.4, -0.2) is 47.4 Å². The highest BCUT2D eigenvalue weighted by Gasteiger charge is 2.24. The van der Waals surface area contributed by atoms with E-state index in [0.717, 1.165) is 37.7 Å². The van der Waals surface area contributed by atoms with Gasteiger partial charge in [0.1, 0.15) is 5.82 Å². The molecule has 2 aliphatic rings. The van der Waals surface area contributed by atoms with Gasteiger partial charge < -0.3 is 10.6 Å². The van der Waals surface area contributed by atoms with Gasteiger partial charge in [0, 0.05) is 44.2 Å². The molecule has 1 saturated heterocycles. The van der Waals surface area contributed by atoms with E-state index in [4.69, 9.17) is 0 Å². The van der Waals surface area contributed by atoms with Crippen molar-refractivity contribution in [3.8, 4) is 0 Å². The highest BCUT2D eigenvalue weighted by Crippen LogP contribution is 2.24. The van der Waals surface area contributed by atoms with E-state index in [1.54, 1.807) is 0 Å². The van der Waals surface area contributed by atoms with E-state index in [1.807, 2.05) is 0 Å². The number of hydrogen-bond acceptors (Lipinski definition) is 4. The number of aromatic nitrogens is 2. The molecule has 5 heteroatoms. The molecule has 2 atom stereocenters. The Balaban J connectivity index is 1.34. The lowest BCUT2D eigenvalue weighted by Gasteiger charge is -2.30. The third-order valence-corrected chi connectivity index (χ3v) is 5.44. The molecule has 0 bridgehead atoms. The minimum Gasteiger partial charge on any atom is -0.370 e. The Labute approximate surface area is 150 Å². The Morgan fingerprint density at radius 2 is 2.04 bits per heavy atom. The number of fused-ring (bicyclic) bond motifs is 1. The van der Waals surface area contributed by atoms with E-state index >= 15 is 0 Å². The fraction of sp³-hybridized carbons (Fsp3) is 0.550. The van der Waals surface area contributed by atoms with Crippen molar-refractivity contribution < 1.29 is 0 Å². The minimum atomic E-state index is 0.489. The normalized spacial score (nSPS) is 21.7. The monoisotopic (exact) mass is 339 g/mol. The molecule has 0 spiro atoms. The Kier molecular flexibility index (Phi) is 5.04. The van der Waals surface area contributed by atoms with Crippen molar-refractivity contribution >= 4 is 5.82 Å². The molecular weight excluding hydrogens is 310 g/mol. The molecule has 1 aromatic carbocycles. The van der Waals surface area contributed by atoms with Crippen molar-refractivity contribution in [2.75, 3.05) is 38.0 Å². The molecule has 0 amide bonds. The number of rotatable bonds is 6. The van der Waals surface area contributed by atoms with Gasteiger partial charge in [-0.25, -0.2) is 4.68 Å². The third kappa shape index (κ3) is 3.88. The summed E-state index contributed by atoms with van der Waals surface area (Å²) >= 11 is 0. The zero-order chi connectivity index (χ0) is 17.1. The average Bonchev–Trinajstić information content (AvgIpc) is 3.28. The fourth-order valence-electron chi connectivity index (χ4n) is 4.13. The largest absolute Gasteiger partial charge is 0.370 e. The number of likely N-dealkylation sites (tertiary alicyclic amines) is 1. The zero-order valence-electron chi connectivity index (χ0n) is 15.1. The van der Waals surface area contributed by atoms with Crippen molar-refractivity contribution in [3.05, 3.63) is 47.7 Å². The second kappa shape index (κ2) is 7.58. The van der Waals surface area contributed by atoms with Crippen molar-refractivity contribution in [1.29, 1.82) is 0 Å². The Hall–Kier alpha value is -1.85. The smallest absolute Gasteiger partial charge is 0.124 e. The van der Waals surface area contributed by atoms with Crippen LogP contribution >= 0.6 is 0 Å². The number of nitrogens with one attached hydrogen (secondary N) is 2. The van der Waals surface area contributed by atoms with E-state index in [2.05, 4.69) is 68.6 Å². The number of nitrogens with zero attached hydrogens (tertiary/aromatic N) is 3. The van der Waals surface area contributed by atoms with Crippen LogP contribution in [-0.2, 0) is 6.54 Å². The van der Waals surface area contributed by atoms with Gasteiger partial charge in [-0.3, -0.25) is 4.90 Å². The molecule has 2 N–H and O–H groups in total. The van der Waals surface area contributed by atoms with Gasteiger partial charge in [0.05, 0.1) is 5.69 Å². The van der Waals surface area contributed by atoms with Crippen LogP contribution in [0.2, 0.25) is 0 Å². The molecule has 25 heavy (non-hydrogen) atoms. The summed E-state index contributed by atoms with van der Waals surface area (Å²) in [6, 6.07) is 13.6. The first-order valence-electron chi connectivity index (χ1n) is 9.57. The third-order valence-electron chi connectivity index (χ3n) is 5.44. The van der Waals surface area contributed by atoms with E-state index in [-0.39, 0.29) is 0 Å². The number of hydrogen-bond donors (Lipinski definition) is 2. The summed E-state index contributed by atoms with van der Waals surface area (Å²) in [5, 5.41) is 11.8. The number of benzene rings is 1. The van der Waals surface area contributed by atoms with Crippen LogP contribution in [0, 0.1) is 12.8 Å². The first-order valence-corrected chi connectivity index (χ1v) is 9.57. The molecule has 0 aliphatic carbocycles. The van der Waals surface area contributed by atoms with Crippen LogP contribution in [0.1, 0.15) is 30.1 Å². The predicted octanol–water partition coefficient (Wildman–Crippen LogP) is 2.66. The summed E-state index contributed by atoms with van der Waals surface area (Å²) in [5.74, 6) is 1.75. The van der Waals surface area contributed by atoms with Crippen LogP contribution in [0.15, 0.2) is 36.4 Å². The van der Waals surface area contributed by atoms with E-state index < -0.39 is 0 Å². The summed E-state index contributed by atoms with van der Waals surface area (Å²) in [6.07, 6.45) is 2.66. The first kappa shape index (κ1) is 16.6. The van der Waals surface area contributed by atoms with Crippen molar-refractivity contribution in [2.24, 2.45) is 5.92 Å². The van der Waals surface area contributed by atoms with Crippen LogP contribution in [0.5, 0.6) is 0 Å². The SMILES string of the molecule is Cc1cc2n(n1)C[C@@H](CNC[C@H](c1ccccc1)N1CCCC1)CN2. The molecule has 0 unspecified atom stereocenters. The maximum absolute atomic E-state index is 4.57. The standard InChI is InChI=1S/C20H29N5/c1-16-11-20-22-13-17(15-25(20)23-16)12-21-14-19(24-9-5-6-10-24)18-7-3-2-4-8-18/h2-4,7-8,11,17,19,21-22H,5-6,9-10,12-15H2,1H3/t17-,19+/m0/s1. The lowest BCUT2D eigenvalue weighted by atomic mass is 10.0. The Morgan fingerprint density at radius 1 is 1.24 bits per heavy atom. The number of anilines is 1. The first-order chi connectivity index (χ1) is 12.3. The second-order valence-electron chi connectivity index (χ2n) is 7.43. The molecule has 5 nitrogen and oxygen atoms in total. The highest BCUT2D eigenvalue weighted by molar-refractivity contribution is 5.38. The van der Waals surface area contributed by atoms with Crippen molar-refractivity contribution in [1.82, 2.24) is 20.0 Å². The summed E-state index contributed by atoms with van der Waals surface area (Å²) in [7, 11) is 0. The molecular formula is C20H29N5. The minimum absolute atomic E-state index is 0.489. The van der Waals surface area contributed by atoms with E-state index in [0.29, 0.717) is 12.0 Å². The quantitative estimate of drug-likeness (QED) is 0.849. The molecule has 134 valence electrons. The van der Waals surface area contributed by atoms with E-state index in [9.17, 15) is 0 Å². The van der Waals surface area contributed by atoms with Gasteiger partial charge in [-0.05, 0) is 38.4 Å². The average molecular weight is 339 g/mol. The van der Waals surface area contributed by atoms with Crippen LogP contribution in [0.25, 0.3) is 0 Å². The van der Waals surface area contributed by atoms with Crippen LogP contribution in [0.3, 0.4) is 0 Å². The predicted molar refractivity (Wildman–Crippen MR) is 102 cm³/mol. The van der Waals surface area contributed by atoms with Crippen molar-refractivity contribution in [3.63, 3.8) is 0 Å². The molecule has 1 aromatic heterocycles. The van der Waals surface area contributed by atoms with E-state index in [1.165, 1.54) is 31.5 Å². The van der Waals surface area contributed by atoms with Gasteiger partial charge in [0.25, 0.3) is 0 Å². The molecule has 3 heterocycles. The van der Waals surface area contributed by atoms with Gasteiger partial charge in [-0.2, -0.15) is 5.10 Å². The maximum Gasteiger partial charge on any atom is 0.124 e. The van der Waals surface area contributed by atoms with Crippen LogP contribution < -0.4 is 10.6 Å². The molecule has 2 aliphatic heterocycles. The Morgan fingerprint density at radius 3 is 2.84 bits per heavy atom. The molecule has 4 rings (SSSR count).